The highest BCUT2D eigenvalue weighted by atomic mass is 32.2. The van der Waals surface area contributed by atoms with Gasteiger partial charge in [-0.3, -0.25) is 9.59 Å². The van der Waals surface area contributed by atoms with Crippen LogP contribution in [0.5, 0.6) is 0 Å². The molecule has 0 spiro atoms. The second-order valence-electron chi connectivity index (χ2n) is 12.8. The number of imidazole rings is 1. The predicted molar refractivity (Wildman–Crippen MR) is 196 cm³/mol. The molecule has 3 heterocycles. The highest BCUT2D eigenvalue weighted by Gasteiger charge is 2.44. The van der Waals surface area contributed by atoms with Gasteiger partial charge in [0.25, 0.3) is 11.9 Å². The minimum absolute atomic E-state index is 0.0381. The third-order valence-electron chi connectivity index (χ3n) is 9.26. The molecule has 1 fully saturated rings. The van der Waals surface area contributed by atoms with E-state index in [1.54, 1.807) is 4.57 Å². The second-order valence-corrected chi connectivity index (χ2v) is 14.3. The normalized spacial score (nSPS) is 18.5. The first-order chi connectivity index (χ1) is 26.0. The molecule has 3 aromatic carbocycles. The Kier molecular flexibility index (Phi) is 10.2. The summed E-state index contributed by atoms with van der Waals surface area (Å²) in [5.74, 6) is -1.02. The lowest BCUT2D eigenvalue weighted by Gasteiger charge is -2.20. The number of aliphatic hydroxyl groups excluding tert-OH is 3. The fourth-order valence-corrected chi connectivity index (χ4v) is 7.11. The summed E-state index contributed by atoms with van der Waals surface area (Å²) >= 11 is 0. The Morgan fingerprint density at radius 1 is 0.944 bits per heavy atom. The molecule has 6 aromatic rings. The summed E-state index contributed by atoms with van der Waals surface area (Å²) in [4.78, 5) is 39.1. The topological polar surface area (TPSA) is 252 Å². The van der Waals surface area contributed by atoms with Crippen LogP contribution in [-0.2, 0) is 14.8 Å². The van der Waals surface area contributed by atoms with Crippen LogP contribution in [0.25, 0.3) is 17.1 Å². The molecule has 0 bridgehead atoms. The van der Waals surface area contributed by atoms with Gasteiger partial charge in [-0.05, 0) is 35.7 Å². The van der Waals surface area contributed by atoms with E-state index in [9.17, 15) is 33.3 Å². The van der Waals surface area contributed by atoms with Crippen molar-refractivity contribution in [2.45, 2.75) is 41.5 Å². The zero-order valence-electron chi connectivity index (χ0n) is 28.5. The highest BCUT2D eigenvalue weighted by Crippen LogP contribution is 2.35. The lowest BCUT2D eigenvalue weighted by atomic mass is 9.91. The fraction of sp³-hybridized carbons (Fsp3) is 0.222. The summed E-state index contributed by atoms with van der Waals surface area (Å²) in [6.07, 6.45) is 1.60. The number of carbonyl (C=O) groups is 2. The van der Waals surface area contributed by atoms with Gasteiger partial charge in [-0.25, -0.2) is 23.2 Å². The number of rotatable bonds is 12. The predicted octanol–water partition coefficient (Wildman–Crippen LogP) is 1.30. The van der Waals surface area contributed by atoms with Crippen LogP contribution in [0.2, 0.25) is 0 Å². The number of aliphatic hydroxyl groups is 3. The van der Waals surface area contributed by atoms with Crippen LogP contribution in [-0.4, -0.2) is 96.3 Å². The number of aromatic nitrogens is 6. The van der Waals surface area contributed by atoms with Crippen molar-refractivity contribution in [1.29, 1.82) is 0 Å². The Hall–Kier alpha value is -6.05. The zero-order chi connectivity index (χ0) is 38.0. The second kappa shape index (κ2) is 15.1. The van der Waals surface area contributed by atoms with Crippen LogP contribution in [0.4, 0.5) is 11.5 Å². The van der Waals surface area contributed by atoms with E-state index in [4.69, 9.17) is 15.1 Å². The minimum Gasteiger partial charge on any atom is -0.388 e. The van der Waals surface area contributed by atoms with Crippen LogP contribution in [0.15, 0.2) is 109 Å². The molecule has 54 heavy (non-hydrogen) atoms. The first kappa shape index (κ1) is 36.3. The molecule has 0 radical (unpaired) electrons. The molecule has 1 saturated carbocycles. The average Bonchev–Trinajstić information content (AvgIpc) is 3.91. The van der Waals surface area contributed by atoms with Crippen molar-refractivity contribution < 1.29 is 33.3 Å². The molecule has 0 aliphatic heterocycles. The molecule has 17 nitrogen and oxygen atoms in total. The number of amides is 2. The van der Waals surface area contributed by atoms with Gasteiger partial charge in [-0.1, -0.05) is 66.7 Å². The Morgan fingerprint density at radius 3 is 2.31 bits per heavy atom. The van der Waals surface area contributed by atoms with Gasteiger partial charge in [0.05, 0.1) is 35.1 Å². The van der Waals surface area contributed by atoms with Crippen molar-refractivity contribution in [3.63, 3.8) is 0 Å². The van der Waals surface area contributed by atoms with E-state index < -0.39 is 52.7 Å². The molecule has 3 aromatic heterocycles. The fourth-order valence-electron chi connectivity index (χ4n) is 6.55. The third-order valence-corrected chi connectivity index (χ3v) is 10.2. The van der Waals surface area contributed by atoms with Gasteiger partial charge in [-0.2, -0.15) is 15.1 Å². The van der Waals surface area contributed by atoms with E-state index >= 15 is 0 Å². The van der Waals surface area contributed by atoms with Crippen molar-refractivity contribution in [3.8, 4) is 5.95 Å². The molecule has 1 aliphatic carbocycles. The number of primary sulfonamides is 1. The molecule has 4 atom stereocenters. The number of anilines is 2. The summed E-state index contributed by atoms with van der Waals surface area (Å²) in [5.41, 5.74) is 3.04. The summed E-state index contributed by atoms with van der Waals surface area (Å²) in [7, 11) is -4.00. The van der Waals surface area contributed by atoms with Crippen molar-refractivity contribution >= 4 is 44.5 Å². The average molecular weight is 753 g/mol. The van der Waals surface area contributed by atoms with Crippen LogP contribution in [0, 0.1) is 0 Å². The molecule has 0 saturated heterocycles. The van der Waals surface area contributed by atoms with E-state index in [1.165, 1.54) is 47.7 Å². The number of benzene rings is 3. The Labute approximate surface area is 308 Å². The molecular formula is C36H36N10O7S. The lowest BCUT2D eigenvalue weighted by molar-refractivity contribution is -0.125. The van der Waals surface area contributed by atoms with Crippen LogP contribution in [0.3, 0.4) is 0 Å². The highest BCUT2D eigenvalue weighted by molar-refractivity contribution is 7.89. The van der Waals surface area contributed by atoms with Gasteiger partial charge in [0, 0.05) is 24.3 Å². The van der Waals surface area contributed by atoms with E-state index in [1.807, 2.05) is 60.7 Å². The number of hydrogen-bond acceptors (Lipinski definition) is 12. The molecule has 18 heteroatoms. The molecular weight excluding hydrogens is 717 g/mol. The maximum absolute atomic E-state index is 13.2. The largest absolute Gasteiger partial charge is 0.388 e. The maximum atomic E-state index is 13.2. The number of carbonyl (C=O) groups excluding carboxylic acids is 2. The van der Waals surface area contributed by atoms with E-state index in [-0.39, 0.29) is 40.1 Å². The number of hydrogen-bond donors (Lipinski definition) is 7. The molecule has 0 unspecified atom stereocenters. The Morgan fingerprint density at radius 2 is 1.65 bits per heavy atom. The monoisotopic (exact) mass is 752 g/mol. The number of nitrogens with one attached hydrogen (secondary N) is 3. The van der Waals surface area contributed by atoms with E-state index in [0.29, 0.717) is 17.9 Å². The smallest absolute Gasteiger partial charge is 0.258 e. The number of nitrogens with zero attached hydrogens (tertiary/aromatic N) is 6. The van der Waals surface area contributed by atoms with Crippen molar-refractivity contribution in [2.75, 3.05) is 23.8 Å². The molecule has 278 valence electrons. The van der Waals surface area contributed by atoms with Crippen molar-refractivity contribution in [3.05, 3.63) is 120 Å². The van der Waals surface area contributed by atoms with Gasteiger partial charge in [-0.15, -0.1) is 0 Å². The quantitative estimate of drug-likeness (QED) is 0.0935. The van der Waals surface area contributed by atoms with E-state index in [2.05, 4.69) is 26.0 Å². The molecule has 2 amide bonds. The molecule has 7 rings (SSSR count). The van der Waals surface area contributed by atoms with Crippen LogP contribution in [0.1, 0.15) is 39.9 Å². The Bertz CT molecular complexity index is 2370. The first-order valence-corrected chi connectivity index (χ1v) is 18.4. The van der Waals surface area contributed by atoms with Gasteiger partial charge in [0.1, 0.15) is 18.8 Å². The minimum atomic E-state index is -4.00. The summed E-state index contributed by atoms with van der Waals surface area (Å²) in [6, 6.07) is 23.8. The van der Waals surface area contributed by atoms with Gasteiger partial charge in [0.15, 0.2) is 17.0 Å². The number of nitrogens with two attached hydrogens (primary N) is 1. The Balaban J connectivity index is 1.25. The van der Waals surface area contributed by atoms with Crippen molar-refractivity contribution in [2.24, 2.45) is 5.14 Å². The van der Waals surface area contributed by atoms with Crippen molar-refractivity contribution in [1.82, 2.24) is 34.6 Å². The summed E-state index contributed by atoms with van der Waals surface area (Å²) in [5, 5.41) is 49.3. The van der Waals surface area contributed by atoms with Gasteiger partial charge in [0.2, 0.25) is 15.9 Å². The number of sulfonamides is 1. The maximum Gasteiger partial charge on any atom is 0.258 e. The molecule has 1 aliphatic rings. The molecule has 8 N–H and O–H groups in total. The summed E-state index contributed by atoms with van der Waals surface area (Å²) in [6.45, 7) is -0.390. The first-order valence-electron chi connectivity index (χ1n) is 16.8. The zero-order valence-corrected chi connectivity index (χ0v) is 29.3. The van der Waals surface area contributed by atoms with E-state index in [0.717, 1.165) is 11.1 Å². The van der Waals surface area contributed by atoms with Gasteiger partial charge >= 0.3 is 0 Å². The number of fused-ring (bicyclic) bond motifs is 1. The van der Waals surface area contributed by atoms with Crippen LogP contribution >= 0.6 is 0 Å². The van der Waals surface area contributed by atoms with Gasteiger partial charge < -0.3 is 35.8 Å². The SMILES string of the molecule is NS(=O)(=O)c1cccc(NC(=O)c2cnn(-c3nc(NCC(c4ccccc4)c4ccccc4)c4ncn([C@@H]5C[C@H](NC(=O)CO)[C@@H](O)[C@H]5O)c4n3)c2)c1. The standard InChI is InChI=1S/C36H36N10O7S/c37-54(52,53)25-13-7-12-24(14-25)41-35(51)23-16-40-46(18-23)36-43-33(38-17-26(21-8-3-1-4-9-21)22-10-5-2-6-11-22)30-34(44-36)45(20-39-30)28-15-27(31(49)32(28)50)42-29(48)19-47/h1-14,16,18,20,26-28,31-32,47,49-50H,15,17,19H2,(H,41,51)(H,42,48)(H2,37,52,53)(H,38,43,44)/t27-,28+,31+,32-/m0/s1. The lowest BCUT2D eigenvalue weighted by Crippen LogP contribution is -2.44. The third kappa shape index (κ3) is 7.54. The summed E-state index contributed by atoms with van der Waals surface area (Å²) < 4.78 is 26.5. The van der Waals surface area contributed by atoms with Crippen LogP contribution < -0.4 is 21.1 Å².